The molecule has 0 saturated carbocycles. The van der Waals surface area contributed by atoms with Gasteiger partial charge >= 0.3 is 0 Å². The zero-order valence-corrected chi connectivity index (χ0v) is 13.4. The number of nitrogens with one attached hydrogen (secondary N) is 2. The number of halogens is 1. The van der Waals surface area contributed by atoms with Crippen LogP contribution in [0.15, 0.2) is 30.6 Å². The summed E-state index contributed by atoms with van der Waals surface area (Å²) in [5.74, 6) is 2.25. The predicted octanol–water partition coefficient (Wildman–Crippen LogP) is 4.64. The van der Waals surface area contributed by atoms with E-state index in [9.17, 15) is 0 Å². The lowest BCUT2D eigenvalue weighted by Crippen LogP contribution is -2.07. The van der Waals surface area contributed by atoms with Crippen molar-refractivity contribution < 1.29 is 0 Å². The second kappa shape index (κ2) is 7.27. The Morgan fingerprint density at radius 1 is 1.19 bits per heavy atom. The Labute approximate surface area is 131 Å². The maximum Gasteiger partial charge on any atom is 0.135 e. The zero-order chi connectivity index (χ0) is 15.2. The van der Waals surface area contributed by atoms with Crippen LogP contribution in [0.4, 0.5) is 17.3 Å². The molecule has 0 radical (unpaired) electrons. The first-order valence-corrected chi connectivity index (χ1v) is 7.52. The summed E-state index contributed by atoms with van der Waals surface area (Å²) < 4.78 is 0. The van der Waals surface area contributed by atoms with E-state index >= 15 is 0 Å². The van der Waals surface area contributed by atoms with Gasteiger partial charge in [0.05, 0.1) is 0 Å². The van der Waals surface area contributed by atoms with Crippen LogP contribution in [0.25, 0.3) is 0 Å². The molecule has 1 aromatic heterocycles. The molecule has 112 valence electrons. The molecule has 0 atom stereocenters. The molecule has 1 heterocycles. The summed E-state index contributed by atoms with van der Waals surface area (Å²) >= 11 is 6.12. The van der Waals surface area contributed by atoms with E-state index in [1.54, 1.807) is 6.33 Å². The van der Waals surface area contributed by atoms with E-state index in [2.05, 4.69) is 34.4 Å². The first-order chi connectivity index (χ1) is 10.1. The van der Waals surface area contributed by atoms with Crippen LogP contribution >= 0.6 is 11.6 Å². The highest BCUT2D eigenvalue weighted by atomic mass is 35.5. The topological polar surface area (TPSA) is 49.8 Å². The van der Waals surface area contributed by atoms with Crippen LogP contribution in [-0.4, -0.2) is 16.5 Å². The van der Waals surface area contributed by atoms with Gasteiger partial charge < -0.3 is 10.6 Å². The van der Waals surface area contributed by atoms with Crippen LogP contribution in [0, 0.1) is 12.8 Å². The Hall–Kier alpha value is -1.81. The molecule has 1 aromatic carbocycles. The number of anilines is 3. The first kappa shape index (κ1) is 15.6. The van der Waals surface area contributed by atoms with E-state index in [0.717, 1.165) is 40.9 Å². The molecular formula is C16H21ClN4. The minimum Gasteiger partial charge on any atom is -0.370 e. The molecule has 2 rings (SSSR count). The third-order valence-corrected chi connectivity index (χ3v) is 3.63. The second-order valence-corrected chi connectivity index (χ2v) is 5.84. The second-order valence-electron chi connectivity index (χ2n) is 5.44. The Morgan fingerprint density at radius 3 is 2.71 bits per heavy atom. The van der Waals surface area contributed by atoms with Crippen molar-refractivity contribution in [1.29, 1.82) is 0 Å². The maximum atomic E-state index is 6.12. The van der Waals surface area contributed by atoms with Crippen LogP contribution in [0.3, 0.4) is 0 Å². The molecule has 2 N–H and O–H groups in total. The number of aromatic nitrogens is 2. The molecule has 5 heteroatoms. The van der Waals surface area contributed by atoms with Crippen molar-refractivity contribution in [2.45, 2.75) is 27.2 Å². The van der Waals surface area contributed by atoms with Crippen molar-refractivity contribution >= 4 is 28.9 Å². The highest BCUT2D eigenvalue weighted by Gasteiger charge is 2.04. The molecule has 0 aliphatic rings. The van der Waals surface area contributed by atoms with Crippen LogP contribution < -0.4 is 10.6 Å². The molecule has 21 heavy (non-hydrogen) atoms. The lowest BCUT2D eigenvalue weighted by atomic mass is 10.1. The largest absolute Gasteiger partial charge is 0.370 e. The summed E-state index contributed by atoms with van der Waals surface area (Å²) in [6.07, 6.45) is 2.67. The summed E-state index contributed by atoms with van der Waals surface area (Å²) in [5.41, 5.74) is 1.96. The van der Waals surface area contributed by atoms with Crippen LogP contribution in [0.5, 0.6) is 0 Å². The van der Waals surface area contributed by atoms with Gasteiger partial charge in [0.2, 0.25) is 0 Å². The molecule has 0 fully saturated rings. The highest BCUT2D eigenvalue weighted by molar-refractivity contribution is 6.31. The van der Waals surface area contributed by atoms with Gasteiger partial charge in [-0.05, 0) is 37.0 Å². The fourth-order valence-corrected chi connectivity index (χ4v) is 2.07. The summed E-state index contributed by atoms with van der Waals surface area (Å²) in [6, 6.07) is 7.68. The Morgan fingerprint density at radius 2 is 1.95 bits per heavy atom. The lowest BCUT2D eigenvalue weighted by molar-refractivity contribution is 0.606. The van der Waals surface area contributed by atoms with Gasteiger partial charge in [0.15, 0.2) is 0 Å². The number of benzene rings is 1. The summed E-state index contributed by atoms with van der Waals surface area (Å²) in [6.45, 7) is 7.30. The van der Waals surface area contributed by atoms with Crippen LogP contribution in [-0.2, 0) is 0 Å². The van der Waals surface area contributed by atoms with Gasteiger partial charge in [-0.1, -0.05) is 31.5 Å². The third-order valence-electron chi connectivity index (χ3n) is 3.23. The van der Waals surface area contributed by atoms with Gasteiger partial charge in [0.25, 0.3) is 0 Å². The fourth-order valence-electron chi connectivity index (χ4n) is 1.89. The first-order valence-electron chi connectivity index (χ1n) is 7.14. The van der Waals surface area contributed by atoms with Crippen molar-refractivity contribution in [3.05, 3.63) is 41.2 Å². The Bertz CT molecular complexity index is 599. The minimum atomic E-state index is 0.672. The Balaban J connectivity index is 2.05. The predicted molar refractivity (Wildman–Crippen MR) is 89.4 cm³/mol. The highest BCUT2D eigenvalue weighted by Crippen LogP contribution is 2.25. The lowest BCUT2D eigenvalue weighted by Gasteiger charge is -2.11. The average molecular weight is 305 g/mol. The van der Waals surface area contributed by atoms with E-state index in [0.29, 0.717) is 5.92 Å². The van der Waals surface area contributed by atoms with Crippen molar-refractivity contribution in [1.82, 2.24) is 9.97 Å². The fraction of sp³-hybridized carbons (Fsp3) is 0.375. The van der Waals surface area contributed by atoms with E-state index in [1.165, 1.54) is 0 Å². The standard InChI is InChI=1S/C16H21ClN4/c1-11(2)7-8-18-15-9-16(20-10-19-15)21-14-6-4-5-13(17)12(14)3/h4-6,9-11H,7-8H2,1-3H3,(H2,18,19,20,21). The quantitative estimate of drug-likeness (QED) is 0.816. The molecule has 0 aliphatic heterocycles. The molecular weight excluding hydrogens is 284 g/mol. The van der Waals surface area contributed by atoms with Gasteiger partial charge in [-0.2, -0.15) is 0 Å². The minimum absolute atomic E-state index is 0.672. The monoisotopic (exact) mass is 304 g/mol. The van der Waals surface area contributed by atoms with Gasteiger partial charge in [-0.25, -0.2) is 9.97 Å². The van der Waals surface area contributed by atoms with Gasteiger partial charge in [0, 0.05) is 23.3 Å². The van der Waals surface area contributed by atoms with Crippen LogP contribution in [0.2, 0.25) is 5.02 Å². The molecule has 0 unspecified atom stereocenters. The van der Waals surface area contributed by atoms with Gasteiger partial charge in [-0.3, -0.25) is 0 Å². The van der Waals surface area contributed by atoms with E-state index in [1.807, 2.05) is 31.2 Å². The smallest absolute Gasteiger partial charge is 0.135 e. The summed E-state index contributed by atoms with van der Waals surface area (Å²) in [4.78, 5) is 8.47. The number of hydrogen-bond acceptors (Lipinski definition) is 4. The van der Waals surface area contributed by atoms with Crippen LogP contribution in [0.1, 0.15) is 25.8 Å². The summed E-state index contributed by atoms with van der Waals surface area (Å²) in [7, 11) is 0. The zero-order valence-electron chi connectivity index (χ0n) is 12.7. The molecule has 0 bridgehead atoms. The number of hydrogen-bond donors (Lipinski definition) is 2. The van der Waals surface area contributed by atoms with Crippen molar-refractivity contribution in [2.24, 2.45) is 5.92 Å². The van der Waals surface area contributed by atoms with Crippen molar-refractivity contribution in [2.75, 3.05) is 17.2 Å². The molecule has 0 spiro atoms. The normalized spacial score (nSPS) is 10.7. The molecule has 2 aromatic rings. The van der Waals surface area contributed by atoms with E-state index in [-0.39, 0.29) is 0 Å². The van der Waals surface area contributed by atoms with Gasteiger partial charge in [-0.15, -0.1) is 0 Å². The Kier molecular flexibility index (Phi) is 5.39. The van der Waals surface area contributed by atoms with Crippen molar-refractivity contribution in [3.8, 4) is 0 Å². The van der Waals surface area contributed by atoms with E-state index in [4.69, 9.17) is 11.6 Å². The third kappa shape index (κ3) is 4.60. The van der Waals surface area contributed by atoms with E-state index < -0.39 is 0 Å². The van der Waals surface area contributed by atoms with Gasteiger partial charge in [0.1, 0.15) is 18.0 Å². The molecule has 0 aliphatic carbocycles. The van der Waals surface area contributed by atoms with Crippen molar-refractivity contribution in [3.63, 3.8) is 0 Å². The average Bonchev–Trinajstić information content (AvgIpc) is 2.44. The number of nitrogens with zero attached hydrogens (tertiary/aromatic N) is 2. The molecule has 4 nitrogen and oxygen atoms in total. The maximum absolute atomic E-state index is 6.12. The number of rotatable bonds is 6. The summed E-state index contributed by atoms with van der Waals surface area (Å²) in [5, 5.41) is 7.33. The molecule has 0 saturated heterocycles. The SMILES string of the molecule is Cc1c(Cl)cccc1Nc1cc(NCCC(C)C)ncn1. The molecule has 0 amide bonds.